The van der Waals surface area contributed by atoms with Gasteiger partial charge in [-0.05, 0) is 42.1 Å². The zero-order chi connectivity index (χ0) is 15.0. The Kier molecular flexibility index (Phi) is 3.22. The average Bonchev–Trinajstić information content (AvgIpc) is 2.47. The Balaban J connectivity index is 2.22. The first kappa shape index (κ1) is 13.4. The van der Waals surface area contributed by atoms with Crippen LogP contribution in [0, 0.1) is 5.82 Å². The van der Waals surface area contributed by atoms with Crippen LogP contribution < -0.4 is 11.3 Å². The molecule has 3 nitrogen and oxygen atoms in total. The highest BCUT2D eigenvalue weighted by atomic mass is 19.1. The normalized spacial score (nSPS) is 12.5. The van der Waals surface area contributed by atoms with Gasteiger partial charge in [0.1, 0.15) is 11.6 Å². The number of hydrogen-bond donors (Lipinski definition) is 1. The maximum absolute atomic E-state index is 13.4. The molecule has 0 aliphatic rings. The van der Waals surface area contributed by atoms with Crippen LogP contribution in [0.15, 0.2) is 59.4 Å². The summed E-state index contributed by atoms with van der Waals surface area (Å²) in [4.78, 5) is 12.6. The lowest BCUT2D eigenvalue weighted by atomic mass is 10.1. The van der Waals surface area contributed by atoms with Crippen LogP contribution in [0.2, 0.25) is 0 Å². The van der Waals surface area contributed by atoms with Gasteiger partial charge in [-0.15, -0.1) is 0 Å². The van der Waals surface area contributed by atoms with Gasteiger partial charge >= 0.3 is 0 Å². The van der Waals surface area contributed by atoms with Gasteiger partial charge in [-0.1, -0.05) is 30.3 Å². The zero-order valence-electron chi connectivity index (χ0n) is 11.6. The Hall–Kier alpha value is -2.62. The molecule has 0 spiro atoms. The summed E-state index contributed by atoms with van der Waals surface area (Å²) in [6.07, 6.45) is 0. The fourth-order valence-electron chi connectivity index (χ4n) is 2.61. The predicted octanol–water partition coefficient (Wildman–Crippen LogP) is 3.33. The van der Waals surface area contributed by atoms with Crippen LogP contribution in [0.1, 0.15) is 18.5 Å². The van der Waals surface area contributed by atoms with E-state index in [1.807, 2.05) is 25.1 Å². The Bertz CT molecular complexity index is 870. The van der Waals surface area contributed by atoms with E-state index >= 15 is 0 Å². The molecule has 3 rings (SSSR count). The van der Waals surface area contributed by atoms with Crippen molar-refractivity contribution >= 4 is 16.6 Å². The van der Waals surface area contributed by atoms with E-state index in [0.29, 0.717) is 16.8 Å². The molecule has 3 aromatic rings. The summed E-state index contributed by atoms with van der Waals surface area (Å²) in [6.45, 7) is 1.83. The molecule has 21 heavy (non-hydrogen) atoms. The van der Waals surface area contributed by atoms with Gasteiger partial charge in [0.15, 0.2) is 0 Å². The predicted molar refractivity (Wildman–Crippen MR) is 82.8 cm³/mol. The molecule has 2 aromatic carbocycles. The van der Waals surface area contributed by atoms with Crippen LogP contribution in [-0.4, -0.2) is 4.57 Å². The van der Waals surface area contributed by atoms with Crippen molar-refractivity contribution in [1.29, 1.82) is 0 Å². The second-order valence-electron chi connectivity index (χ2n) is 5.06. The van der Waals surface area contributed by atoms with Crippen LogP contribution in [-0.2, 0) is 0 Å². The molecule has 0 bridgehead atoms. The number of aromatic nitrogens is 1. The van der Waals surface area contributed by atoms with E-state index in [-0.39, 0.29) is 17.4 Å². The molecule has 0 aliphatic carbocycles. The SMILES string of the molecule is CC(c1cccc(F)c1)n1c(N)cc2ccccc2c1=O. The summed E-state index contributed by atoms with van der Waals surface area (Å²) in [5, 5.41) is 1.41. The lowest BCUT2D eigenvalue weighted by molar-refractivity contribution is 0.600. The van der Waals surface area contributed by atoms with Gasteiger partial charge in [0, 0.05) is 5.39 Å². The smallest absolute Gasteiger partial charge is 0.260 e. The van der Waals surface area contributed by atoms with Crippen LogP contribution in [0.5, 0.6) is 0 Å². The maximum Gasteiger partial charge on any atom is 0.260 e. The first-order chi connectivity index (χ1) is 10.1. The Morgan fingerprint density at radius 1 is 1.10 bits per heavy atom. The third kappa shape index (κ3) is 2.29. The Morgan fingerprint density at radius 3 is 2.62 bits per heavy atom. The molecule has 106 valence electrons. The molecule has 0 radical (unpaired) electrons. The first-order valence-corrected chi connectivity index (χ1v) is 6.73. The topological polar surface area (TPSA) is 48.0 Å². The number of benzene rings is 2. The monoisotopic (exact) mass is 282 g/mol. The van der Waals surface area contributed by atoms with Gasteiger partial charge in [-0.3, -0.25) is 9.36 Å². The van der Waals surface area contributed by atoms with Crippen LogP contribution >= 0.6 is 0 Å². The fourth-order valence-corrected chi connectivity index (χ4v) is 2.61. The summed E-state index contributed by atoms with van der Waals surface area (Å²) in [5.41, 5.74) is 6.58. The quantitative estimate of drug-likeness (QED) is 0.783. The first-order valence-electron chi connectivity index (χ1n) is 6.73. The van der Waals surface area contributed by atoms with Crippen molar-refractivity contribution in [3.63, 3.8) is 0 Å². The Morgan fingerprint density at radius 2 is 1.86 bits per heavy atom. The van der Waals surface area contributed by atoms with Gasteiger partial charge in [0.2, 0.25) is 0 Å². The van der Waals surface area contributed by atoms with Crippen LogP contribution in [0.3, 0.4) is 0 Å². The molecule has 0 amide bonds. The number of pyridine rings is 1. The number of fused-ring (bicyclic) bond motifs is 1. The van der Waals surface area contributed by atoms with E-state index in [4.69, 9.17) is 5.73 Å². The highest BCUT2D eigenvalue weighted by molar-refractivity contribution is 5.83. The summed E-state index contributed by atoms with van der Waals surface area (Å²) in [5.74, 6) is 0.0437. The van der Waals surface area contributed by atoms with Crippen molar-refractivity contribution in [3.8, 4) is 0 Å². The molecule has 0 saturated carbocycles. The third-order valence-corrected chi connectivity index (χ3v) is 3.71. The van der Waals surface area contributed by atoms with Crippen LogP contribution in [0.4, 0.5) is 10.2 Å². The van der Waals surface area contributed by atoms with E-state index in [1.54, 1.807) is 24.3 Å². The summed E-state index contributed by atoms with van der Waals surface area (Å²) in [6, 6.07) is 15.0. The van der Waals surface area contributed by atoms with Gasteiger partial charge in [0.25, 0.3) is 5.56 Å². The largest absolute Gasteiger partial charge is 0.385 e. The third-order valence-electron chi connectivity index (χ3n) is 3.71. The minimum atomic E-state index is -0.335. The molecular formula is C17H15FN2O. The number of anilines is 1. The van der Waals surface area contributed by atoms with Crippen molar-refractivity contribution in [1.82, 2.24) is 4.57 Å². The summed E-state index contributed by atoms with van der Waals surface area (Å²) < 4.78 is 14.9. The minimum absolute atomic E-state index is 0.164. The van der Waals surface area contributed by atoms with Gasteiger partial charge in [-0.25, -0.2) is 4.39 Å². The standard InChI is InChI=1S/C17H15FN2O/c1-11(12-6-4-7-14(18)9-12)20-16(19)10-13-5-2-3-8-15(13)17(20)21/h2-11H,19H2,1H3. The number of rotatable bonds is 2. The molecule has 0 saturated heterocycles. The highest BCUT2D eigenvalue weighted by Crippen LogP contribution is 2.22. The van der Waals surface area contributed by atoms with E-state index in [9.17, 15) is 9.18 Å². The Labute approximate surface area is 121 Å². The van der Waals surface area contributed by atoms with E-state index in [1.165, 1.54) is 16.7 Å². The van der Waals surface area contributed by atoms with E-state index in [2.05, 4.69) is 0 Å². The molecule has 2 N–H and O–H groups in total. The molecule has 1 atom stereocenters. The minimum Gasteiger partial charge on any atom is -0.385 e. The molecule has 0 aliphatic heterocycles. The molecule has 1 unspecified atom stereocenters. The number of nitrogens with two attached hydrogens (primary N) is 1. The summed E-state index contributed by atoms with van der Waals surface area (Å²) in [7, 11) is 0. The molecule has 1 aromatic heterocycles. The number of hydrogen-bond acceptors (Lipinski definition) is 2. The van der Waals surface area contributed by atoms with E-state index in [0.717, 1.165) is 5.39 Å². The summed E-state index contributed by atoms with van der Waals surface area (Å²) >= 11 is 0. The molecular weight excluding hydrogens is 267 g/mol. The molecule has 0 fully saturated rings. The second-order valence-corrected chi connectivity index (χ2v) is 5.06. The number of nitrogens with zero attached hydrogens (tertiary/aromatic N) is 1. The van der Waals surface area contributed by atoms with Crippen molar-refractivity contribution in [2.45, 2.75) is 13.0 Å². The van der Waals surface area contributed by atoms with Gasteiger partial charge in [-0.2, -0.15) is 0 Å². The van der Waals surface area contributed by atoms with Crippen molar-refractivity contribution < 1.29 is 4.39 Å². The van der Waals surface area contributed by atoms with Crippen LogP contribution in [0.25, 0.3) is 10.8 Å². The van der Waals surface area contributed by atoms with Crippen molar-refractivity contribution in [3.05, 3.63) is 76.3 Å². The average molecular weight is 282 g/mol. The van der Waals surface area contributed by atoms with Crippen molar-refractivity contribution in [2.75, 3.05) is 5.73 Å². The van der Waals surface area contributed by atoms with Crippen molar-refractivity contribution in [2.24, 2.45) is 0 Å². The molecule has 4 heteroatoms. The zero-order valence-corrected chi connectivity index (χ0v) is 11.6. The lowest BCUT2D eigenvalue weighted by Crippen LogP contribution is -2.26. The second kappa shape index (κ2) is 5.05. The fraction of sp³-hybridized carbons (Fsp3) is 0.118. The maximum atomic E-state index is 13.4. The molecule has 1 heterocycles. The lowest BCUT2D eigenvalue weighted by Gasteiger charge is -2.19. The number of nitrogen functional groups attached to an aromatic ring is 1. The van der Waals surface area contributed by atoms with Gasteiger partial charge < -0.3 is 5.73 Å². The number of halogens is 1. The van der Waals surface area contributed by atoms with E-state index < -0.39 is 0 Å². The highest BCUT2D eigenvalue weighted by Gasteiger charge is 2.15. The van der Waals surface area contributed by atoms with Gasteiger partial charge in [0.05, 0.1) is 6.04 Å².